The van der Waals surface area contributed by atoms with E-state index in [1.165, 1.54) is 7.11 Å². The number of rotatable bonds is 2. The molecule has 2 rings (SSSR count). The minimum atomic E-state index is -0.279. The summed E-state index contributed by atoms with van der Waals surface area (Å²) in [5, 5.41) is 3.38. The van der Waals surface area contributed by atoms with Crippen molar-refractivity contribution in [1.29, 1.82) is 0 Å². The molecule has 7 heteroatoms. The van der Waals surface area contributed by atoms with Crippen molar-refractivity contribution in [3.63, 3.8) is 0 Å². The van der Waals surface area contributed by atoms with Gasteiger partial charge < -0.3 is 19.9 Å². The standard InChI is InChI=1S/C18H26ClN3O3/c1-18(2,3)20-17(24)22-9-5-8-21(10-11-22)16(23)13-6-7-15(25-4)14(19)12-13/h6-7,12H,5,8-11H2,1-4H3,(H,20,24). The van der Waals surface area contributed by atoms with E-state index in [1.807, 2.05) is 20.8 Å². The summed E-state index contributed by atoms with van der Waals surface area (Å²) in [7, 11) is 1.54. The number of nitrogens with zero attached hydrogens (tertiary/aromatic N) is 2. The number of amides is 3. The average Bonchev–Trinajstić information content (AvgIpc) is 2.78. The number of carbonyl (C=O) groups is 2. The molecule has 0 atom stereocenters. The molecule has 1 saturated heterocycles. The van der Waals surface area contributed by atoms with Crippen molar-refractivity contribution in [2.75, 3.05) is 33.3 Å². The van der Waals surface area contributed by atoms with Crippen LogP contribution in [-0.4, -0.2) is 60.6 Å². The van der Waals surface area contributed by atoms with Crippen LogP contribution in [-0.2, 0) is 0 Å². The second-order valence-electron chi connectivity index (χ2n) is 7.16. The van der Waals surface area contributed by atoms with Crippen LogP contribution in [0.1, 0.15) is 37.6 Å². The number of methoxy groups -OCH3 is 1. The maximum atomic E-state index is 12.7. The van der Waals surface area contributed by atoms with Crippen LogP contribution in [0.15, 0.2) is 18.2 Å². The highest BCUT2D eigenvalue weighted by molar-refractivity contribution is 6.32. The normalized spacial score (nSPS) is 15.6. The van der Waals surface area contributed by atoms with Gasteiger partial charge in [0.2, 0.25) is 0 Å². The molecule has 3 amide bonds. The van der Waals surface area contributed by atoms with Crippen molar-refractivity contribution in [2.24, 2.45) is 0 Å². The van der Waals surface area contributed by atoms with Crippen molar-refractivity contribution in [3.05, 3.63) is 28.8 Å². The lowest BCUT2D eigenvalue weighted by atomic mass is 10.1. The topological polar surface area (TPSA) is 61.9 Å². The Morgan fingerprint density at radius 1 is 1.12 bits per heavy atom. The molecule has 1 aromatic rings. The summed E-state index contributed by atoms with van der Waals surface area (Å²) >= 11 is 6.11. The largest absolute Gasteiger partial charge is 0.495 e. The number of halogens is 1. The first-order valence-corrected chi connectivity index (χ1v) is 8.79. The van der Waals surface area contributed by atoms with E-state index >= 15 is 0 Å². The third-order valence-corrected chi connectivity index (χ3v) is 4.25. The maximum Gasteiger partial charge on any atom is 0.317 e. The Labute approximate surface area is 154 Å². The molecule has 6 nitrogen and oxygen atoms in total. The summed E-state index contributed by atoms with van der Waals surface area (Å²) < 4.78 is 5.12. The summed E-state index contributed by atoms with van der Waals surface area (Å²) in [5.41, 5.74) is 0.247. The van der Waals surface area contributed by atoms with Gasteiger partial charge in [0.15, 0.2) is 0 Å². The number of hydrogen-bond donors (Lipinski definition) is 1. The lowest BCUT2D eigenvalue weighted by Gasteiger charge is -2.27. The predicted molar refractivity (Wildman–Crippen MR) is 98.4 cm³/mol. The average molecular weight is 368 g/mol. The highest BCUT2D eigenvalue weighted by atomic mass is 35.5. The summed E-state index contributed by atoms with van der Waals surface area (Å²) in [5.74, 6) is 0.460. The van der Waals surface area contributed by atoms with E-state index in [0.29, 0.717) is 42.5 Å². The van der Waals surface area contributed by atoms with E-state index in [1.54, 1.807) is 28.0 Å². The molecular formula is C18H26ClN3O3. The third kappa shape index (κ3) is 5.26. The Balaban J connectivity index is 2.01. The molecule has 0 unspecified atom stereocenters. The van der Waals surface area contributed by atoms with Gasteiger partial charge in [0.25, 0.3) is 5.91 Å². The zero-order chi connectivity index (χ0) is 18.6. The first-order valence-electron chi connectivity index (χ1n) is 8.41. The van der Waals surface area contributed by atoms with Crippen LogP contribution >= 0.6 is 11.6 Å². The molecule has 0 bridgehead atoms. The monoisotopic (exact) mass is 367 g/mol. The van der Waals surface area contributed by atoms with Crippen molar-refractivity contribution >= 4 is 23.5 Å². The van der Waals surface area contributed by atoms with Crippen molar-refractivity contribution in [3.8, 4) is 5.75 Å². The lowest BCUT2D eigenvalue weighted by Crippen LogP contribution is -2.49. The highest BCUT2D eigenvalue weighted by Gasteiger charge is 2.25. The molecule has 0 aliphatic carbocycles. The Bertz CT molecular complexity index is 643. The number of carbonyl (C=O) groups excluding carboxylic acids is 2. The van der Waals surface area contributed by atoms with Gasteiger partial charge in [-0.25, -0.2) is 4.79 Å². The zero-order valence-electron chi connectivity index (χ0n) is 15.3. The first-order chi connectivity index (χ1) is 11.7. The van der Waals surface area contributed by atoms with Crippen LogP contribution in [0.2, 0.25) is 5.02 Å². The minimum Gasteiger partial charge on any atom is -0.495 e. The second-order valence-corrected chi connectivity index (χ2v) is 7.57. The van der Waals surface area contributed by atoms with Crippen molar-refractivity contribution < 1.29 is 14.3 Å². The van der Waals surface area contributed by atoms with E-state index in [-0.39, 0.29) is 17.5 Å². The lowest BCUT2D eigenvalue weighted by molar-refractivity contribution is 0.0762. The fourth-order valence-electron chi connectivity index (χ4n) is 2.71. The SMILES string of the molecule is COc1ccc(C(=O)N2CCCN(C(=O)NC(C)(C)C)CC2)cc1Cl. The maximum absolute atomic E-state index is 12.7. The molecule has 1 heterocycles. The number of urea groups is 1. The quantitative estimate of drug-likeness (QED) is 0.874. The van der Waals surface area contributed by atoms with Crippen LogP contribution in [0.3, 0.4) is 0 Å². The third-order valence-electron chi connectivity index (χ3n) is 3.95. The van der Waals surface area contributed by atoms with Crippen LogP contribution in [0.4, 0.5) is 4.79 Å². The van der Waals surface area contributed by atoms with Crippen molar-refractivity contribution in [1.82, 2.24) is 15.1 Å². The zero-order valence-corrected chi connectivity index (χ0v) is 16.0. The van der Waals surface area contributed by atoms with Gasteiger partial charge in [-0.05, 0) is 45.4 Å². The Morgan fingerprint density at radius 2 is 1.76 bits per heavy atom. The number of hydrogen-bond acceptors (Lipinski definition) is 3. The van der Waals surface area contributed by atoms with E-state index in [2.05, 4.69) is 5.32 Å². The van der Waals surface area contributed by atoms with Crippen LogP contribution in [0, 0.1) is 0 Å². The molecular weight excluding hydrogens is 342 g/mol. The van der Waals surface area contributed by atoms with E-state index in [4.69, 9.17) is 16.3 Å². The molecule has 1 aliphatic rings. The Hall–Kier alpha value is -1.95. The van der Waals surface area contributed by atoms with Gasteiger partial charge in [0.1, 0.15) is 5.75 Å². The molecule has 0 spiro atoms. The van der Waals surface area contributed by atoms with Gasteiger partial charge >= 0.3 is 6.03 Å². The van der Waals surface area contributed by atoms with Gasteiger partial charge in [-0.2, -0.15) is 0 Å². The van der Waals surface area contributed by atoms with Crippen LogP contribution < -0.4 is 10.1 Å². The van der Waals surface area contributed by atoms with Gasteiger partial charge in [0.05, 0.1) is 12.1 Å². The summed E-state index contributed by atoms with van der Waals surface area (Å²) in [4.78, 5) is 28.6. The second kappa shape index (κ2) is 7.95. The smallest absolute Gasteiger partial charge is 0.317 e. The summed E-state index contributed by atoms with van der Waals surface area (Å²) in [6.45, 7) is 8.11. The predicted octanol–water partition coefficient (Wildman–Crippen LogP) is 3.00. The van der Waals surface area contributed by atoms with Gasteiger partial charge in [-0.1, -0.05) is 11.6 Å². The van der Waals surface area contributed by atoms with E-state index < -0.39 is 0 Å². The van der Waals surface area contributed by atoms with Crippen LogP contribution in [0.25, 0.3) is 0 Å². The molecule has 1 aromatic carbocycles. The molecule has 0 saturated carbocycles. The number of nitrogens with one attached hydrogen (secondary N) is 1. The van der Waals surface area contributed by atoms with E-state index in [0.717, 1.165) is 6.42 Å². The molecule has 0 radical (unpaired) electrons. The van der Waals surface area contributed by atoms with Gasteiger partial charge in [-0.3, -0.25) is 4.79 Å². The highest BCUT2D eigenvalue weighted by Crippen LogP contribution is 2.25. The molecule has 0 aromatic heterocycles. The molecule has 1 fully saturated rings. The molecule has 25 heavy (non-hydrogen) atoms. The Kier molecular flexibility index (Phi) is 6.16. The first kappa shape index (κ1) is 19.4. The number of ether oxygens (including phenoxy) is 1. The number of benzene rings is 1. The molecule has 138 valence electrons. The fourth-order valence-corrected chi connectivity index (χ4v) is 2.96. The molecule has 1 N–H and O–H groups in total. The van der Waals surface area contributed by atoms with E-state index in [9.17, 15) is 9.59 Å². The minimum absolute atomic E-state index is 0.0809. The summed E-state index contributed by atoms with van der Waals surface area (Å²) in [6, 6.07) is 4.94. The fraction of sp³-hybridized carbons (Fsp3) is 0.556. The van der Waals surface area contributed by atoms with Gasteiger partial charge in [-0.15, -0.1) is 0 Å². The molecule has 1 aliphatic heterocycles. The summed E-state index contributed by atoms with van der Waals surface area (Å²) in [6.07, 6.45) is 0.743. The van der Waals surface area contributed by atoms with Crippen LogP contribution in [0.5, 0.6) is 5.75 Å². The van der Waals surface area contributed by atoms with Gasteiger partial charge in [0, 0.05) is 37.3 Å². The Morgan fingerprint density at radius 3 is 2.36 bits per heavy atom. The van der Waals surface area contributed by atoms with Crippen molar-refractivity contribution in [2.45, 2.75) is 32.7 Å².